The predicted molar refractivity (Wildman–Crippen MR) is 97.8 cm³/mol. The van der Waals surface area contributed by atoms with Gasteiger partial charge in [0.15, 0.2) is 5.60 Å². The maximum Gasteiger partial charge on any atom is 0.335 e. The fourth-order valence-corrected chi connectivity index (χ4v) is 4.27. The lowest BCUT2D eigenvalue weighted by Gasteiger charge is -2.35. The summed E-state index contributed by atoms with van der Waals surface area (Å²) in [6.07, 6.45) is 4.24. The standard InChI is InChI=1S/C19H23N3O5/c23-16(21-9-7-19(27,8-10-21)17(24)25)12-5-6-15-14(11-12)20-18(26)22(15)13-3-1-2-4-13/h5-6,11,13,27H,1-4,7-10H2,(H,20,26)(H,24,25). The molecule has 0 unspecified atom stereocenters. The number of carboxylic acid groups (broad SMARTS) is 1. The molecule has 0 atom stereocenters. The summed E-state index contributed by atoms with van der Waals surface area (Å²) in [7, 11) is 0. The van der Waals surface area contributed by atoms with Crippen LogP contribution in [0.1, 0.15) is 54.9 Å². The molecule has 27 heavy (non-hydrogen) atoms. The maximum absolute atomic E-state index is 12.8. The van der Waals surface area contributed by atoms with E-state index in [1.807, 2.05) is 0 Å². The molecule has 8 nitrogen and oxygen atoms in total. The Labute approximate surface area is 155 Å². The predicted octanol–water partition coefficient (Wildman–Crippen LogP) is 1.50. The number of hydrogen-bond donors (Lipinski definition) is 3. The van der Waals surface area contributed by atoms with Crippen LogP contribution >= 0.6 is 0 Å². The number of carbonyl (C=O) groups excluding carboxylic acids is 1. The quantitative estimate of drug-likeness (QED) is 0.754. The van der Waals surface area contributed by atoms with Crippen molar-refractivity contribution in [3.63, 3.8) is 0 Å². The Balaban J connectivity index is 1.57. The molecule has 2 heterocycles. The molecule has 1 aliphatic heterocycles. The molecule has 1 saturated heterocycles. The number of amides is 1. The summed E-state index contributed by atoms with van der Waals surface area (Å²) in [5.74, 6) is -1.47. The van der Waals surface area contributed by atoms with Gasteiger partial charge in [0.25, 0.3) is 5.91 Å². The molecule has 8 heteroatoms. The Kier molecular flexibility index (Phi) is 4.30. The van der Waals surface area contributed by atoms with E-state index < -0.39 is 11.6 Å². The van der Waals surface area contributed by atoms with E-state index in [-0.39, 0.29) is 43.6 Å². The molecule has 2 aromatic rings. The first-order valence-electron chi connectivity index (χ1n) is 9.38. The third kappa shape index (κ3) is 3.03. The number of nitrogens with zero attached hydrogens (tertiary/aromatic N) is 2. The second-order valence-electron chi connectivity index (χ2n) is 7.60. The second-order valence-corrected chi connectivity index (χ2v) is 7.60. The van der Waals surface area contributed by atoms with Crippen LogP contribution in [0.3, 0.4) is 0 Å². The van der Waals surface area contributed by atoms with Crippen LogP contribution in [0.2, 0.25) is 0 Å². The van der Waals surface area contributed by atoms with Crippen LogP contribution in [0.4, 0.5) is 0 Å². The lowest BCUT2D eigenvalue weighted by atomic mass is 9.91. The molecule has 2 aliphatic rings. The normalized spacial score (nSPS) is 20.3. The van der Waals surface area contributed by atoms with E-state index in [9.17, 15) is 19.5 Å². The largest absolute Gasteiger partial charge is 0.479 e. The van der Waals surface area contributed by atoms with Gasteiger partial charge in [-0.3, -0.25) is 9.36 Å². The average molecular weight is 373 g/mol. The Morgan fingerprint density at radius 2 is 1.81 bits per heavy atom. The van der Waals surface area contributed by atoms with Gasteiger partial charge >= 0.3 is 11.7 Å². The van der Waals surface area contributed by atoms with Crippen molar-refractivity contribution in [1.29, 1.82) is 0 Å². The zero-order valence-electron chi connectivity index (χ0n) is 15.0. The van der Waals surface area contributed by atoms with Crippen molar-refractivity contribution >= 4 is 22.9 Å². The van der Waals surface area contributed by atoms with E-state index in [2.05, 4.69) is 4.98 Å². The van der Waals surface area contributed by atoms with Gasteiger partial charge in [0.1, 0.15) is 0 Å². The fraction of sp³-hybridized carbons (Fsp3) is 0.526. The van der Waals surface area contributed by atoms with Crippen molar-refractivity contribution in [3.8, 4) is 0 Å². The van der Waals surface area contributed by atoms with Crippen LogP contribution in [-0.4, -0.2) is 55.2 Å². The summed E-state index contributed by atoms with van der Waals surface area (Å²) in [6, 6.07) is 5.41. The van der Waals surface area contributed by atoms with Crippen molar-refractivity contribution in [1.82, 2.24) is 14.5 Å². The molecule has 144 valence electrons. The third-order valence-corrected chi connectivity index (χ3v) is 5.93. The number of imidazole rings is 1. The summed E-state index contributed by atoms with van der Waals surface area (Å²) in [4.78, 5) is 40.7. The van der Waals surface area contributed by atoms with Gasteiger partial charge < -0.3 is 20.1 Å². The van der Waals surface area contributed by atoms with Gasteiger partial charge in [0, 0.05) is 37.5 Å². The van der Waals surface area contributed by atoms with Crippen molar-refractivity contribution in [2.24, 2.45) is 0 Å². The molecule has 0 radical (unpaired) electrons. The number of aliphatic hydroxyl groups is 1. The molecule has 1 saturated carbocycles. The second kappa shape index (κ2) is 6.53. The number of carboxylic acids is 1. The van der Waals surface area contributed by atoms with Gasteiger partial charge in [-0.2, -0.15) is 0 Å². The summed E-state index contributed by atoms with van der Waals surface area (Å²) in [6.45, 7) is 0.360. The molecule has 2 fully saturated rings. The van der Waals surface area contributed by atoms with E-state index in [4.69, 9.17) is 5.11 Å². The Morgan fingerprint density at radius 1 is 1.15 bits per heavy atom. The van der Waals surface area contributed by atoms with Gasteiger partial charge in [0.2, 0.25) is 0 Å². The number of aliphatic carboxylic acids is 1. The summed E-state index contributed by atoms with van der Waals surface area (Å²) >= 11 is 0. The van der Waals surface area contributed by atoms with Gasteiger partial charge in [-0.15, -0.1) is 0 Å². The van der Waals surface area contributed by atoms with Crippen molar-refractivity contribution in [3.05, 3.63) is 34.2 Å². The Bertz CT molecular complexity index is 946. The van der Waals surface area contributed by atoms with E-state index in [1.54, 1.807) is 27.7 Å². The zero-order valence-corrected chi connectivity index (χ0v) is 15.0. The van der Waals surface area contributed by atoms with Gasteiger partial charge in [-0.1, -0.05) is 12.8 Å². The average Bonchev–Trinajstić information content (AvgIpc) is 3.27. The molecular weight excluding hydrogens is 350 g/mol. The van der Waals surface area contributed by atoms with Gasteiger partial charge in [-0.05, 0) is 31.0 Å². The summed E-state index contributed by atoms with van der Waals surface area (Å²) < 4.78 is 1.80. The van der Waals surface area contributed by atoms with E-state index >= 15 is 0 Å². The van der Waals surface area contributed by atoms with Crippen molar-refractivity contribution in [2.45, 2.75) is 50.2 Å². The molecule has 3 N–H and O–H groups in total. The highest BCUT2D eigenvalue weighted by Crippen LogP contribution is 2.31. The topological polar surface area (TPSA) is 116 Å². The molecule has 4 rings (SSSR count). The minimum absolute atomic E-state index is 0.00517. The first-order valence-corrected chi connectivity index (χ1v) is 9.38. The fourth-order valence-electron chi connectivity index (χ4n) is 4.27. The smallest absolute Gasteiger partial charge is 0.335 e. The van der Waals surface area contributed by atoms with Gasteiger partial charge in [-0.25, -0.2) is 9.59 Å². The highest BCUT2D eigenvalue weighted by molar-refractivity contribution is 5.97. The number of carbonyl (C=O) groups is 2. The van der Waals surface area contributed by atoms with Crippen molar-refractivity contribution in [2.75, 3.05) is 13.1 Å². The van der Waals surface area contributed by atoms with Crippen LogP contribution in [0.5, 0.6) is 0 Å². The molecule has 1 amide bonds. The molecule has 1 aliphatic carbocycles. The number of likely N-dealkylation sites (tertiary alicyclic amines) is 1. The minimum Gasteiger partial charge on any atom is -0.479 e. The highest BCUT2D eigenvalue weighted by atomic mass is 16.4. The van der Waals surface area contributed by atoms with Gasteiger partial charge in [0.05, 0.1) is 11.0 Å². The number of piperidine rings is 1. The Hall–Kier alpha value is -2.61. The number of H-pyrrole nitrogens is 1. The monoisotopic (exact) mass is 373 g/mol. The number of nitrogens with one attached hydrogen (secondary N) is 1. The number of rotatable bonds is 3. The summed E-state index contributed by atoms with van der Waals surface area (Å²) in [5, 5.41) is 19.1. The molecule has 1 aromatic heterocycles. The highest BCUT2D eigenvalue weighted by Gasteiger charge is 2.40. The summed E-state index contributed by atoms with van der Waals surface area (Å²) in [5.41, 5.74) is -0.0157. The van der Waals surface area contributed by atoms with Crippen LogP contribution < -0.4 is 5.69 Å². The minimum atomic E-state index is -1.76. The van der Waals surface area contributed by atoms with Crippen molar-refractivity contribution < 1.29 is 19.8 Å². The molecule has 0 spiro atoms. The van der Waals surface area contributed by atoms with Crippen LogP contribution in [0, 0.1) is 0 Å². The first kappa shape index (κ1) is 17.8. The van der Waals surface area contributed by atoms with E-state index in [1.165, 1.54) is 0 Å². The number of aromatic amines is 1. The number of aromatic nitrogens is 2. The van der Waals surface area contributed by atoms with E-state index in [0.29, 0.717) is 11.1 Å². The molecule has 1 aromatic carbocycles. The number of fused-ring (bicyclic) bond motifs is 1. The zero-order chi connectivity index (χ0) is 19.2. The first-order chi connectivity index (χ1) is 12.9. The lowest BCUT2D eigenvalue weighted by Crippen LogP contribution is -2.50. The SMILES string of the molecule is O=C(c1ccc2c(c1)[nH]c(=O)n2C1CCCC1)N1CCC(O)(C(=O)O)CC1. The van der Waals surface area contributed by atoms with Crippen LogP contribution in [0.25, 0.3) is 11.0 Å². The lowest BCUT2D eigenvalue weighted by molar-refractivity contribution is -0.162. The maximum atomic E-state index is 12.8. The Morgan fingerprint density at radius 3 is 2.44 bits per heavy atom. The van der Waals surface area contributed by atoms with Crippen LogP contribution in [-0.2, 0) is 4.79 Å². The molecular formula is C19H23N3O5. The van der Waals surface area contributed by atoms with Crippen LogP contribution in [0.15, 0.2) is 23.0 Å². The number of hydrogen-bond acceptors (Lipinski definition) is 4. The third-order valence-electron chi connectivity index (χ3n) is 5.93. The number of benzene rings is 1. The molecule has 0 bridgehead atoms. The van der Waals surface area contributed by atoms with E-state index in [0.717, 1.165) is 31.2 Å².